The van der Waals surface area contributed by atoms with Crippen molar-refractivity contribution in [2.45, 2.75) is 38.6 Å². The molecule has 0 spiro atoms. The van der Waals surface area contributed by atoms with Crippen molar-refractivity contribution >= 4 is 28.3 Å². The second-order valence-corrected chi connectivity index (χ2v) is 9.51. The normalized spacial score (nSPS) is 23.2. The van der Waals surface area contributed by atoms with E-state index in [2.05, 4.69) is 31.6 Å². The van der Waals surface area contributed by atoms with Crippen molar-refractivity contribution in [1.29, 1.82) is 0 Å². The number of imide groups is 1. The molecule has 5 rings (SSSR count). The van der Waals surface area contributed by atoms with Gasteiger partial charge in [-0.05, 0) is 50.3 Å². The van der Waals surface area contributed by atoms with Gasteiger partial charge in [0.2, 0.25) is 5.91 Å². The fraction of sp³-hybridized carbons (Fsp3) is 0.583. The van der Waals surface area contributed by atoms with Crippen LogP contribution in [0.1, 0.15) is 37.4 Å². The molecule has 3 aliphatic heterocycles. The summed E-state index contributed by atoms with van der Waals surface area (Å²) in [4.78, 5) is 41.9. The molecule has 1 atom stereocenters. The first-order valence-electron chi connectivity index (χ1n) is 12.0. The van der Waals surface area contributed by atoms with Gasteiger partial charge in [-0.3, -0.25) is 19.7 Å². The van der Waals surface area contributed by atoms with Gasteiger partial charge in [-0.1, -0.05) is 0 Å². The van der Waals surface area contributed by atoms with Gasteiger partial charge in [0.05, 0.1) is 11.1 Å². The largest absolute Gasteiger partial charge is 0.371 e. The predicted molar refractivity (Wildman–Crippen MR) is 126 cm³/mol. The zero-order valence-corrected chi connectivity index (χ0v) is 19.2. The quantitative estimate of drug-likeness (QED) is 0.662. The second-order valence-electron chi connectivity index (χ2n) is 9.51. The number of hydrogen-bond acceptors (Lipinski definition) is 7. The number of aryl methyl sites for hydroxylation is 1. The van der Waals surface area contributed by atoms with Gasteiger partial charge in [0.25, 0.3) is 11.5 Å². The Kier molecular flexibility index (Phi) is 6.16. The third-order valence-corrected chi connectivity index (χ3v) is 7.30. The van der Waals surface area contributed by atoms with Crippen LogP contribution < -0.4 is 21.1 Å². The Hall–Kier alpha value is -2.78. The molecule has 0 saturated carbocycles. The number of rotatable bonds is 4. The fourth-order valence-corrected chi connectivity index (χ4v) is 5.36. The number of benzene rings is 1. The lowest BCUT2D eigenvalue weighted by Crippen LogP contribution is -2.47. The molecule has 4 heterocycles. The van der Waals surface area contributed by atoms with Crippen molar-refractivity contribution in [3.8, 4) is 0 Å². The van der Waals surface area contributed by atoms with E-state index in [9.17, 15) is 14.4 Å². The minimum atomic E-state index is -0.743. The summed E-state index contributed by atoms with van der Waals surface area (Å²) in [5.41, 5.74) is 1.54. The number of amides is 2. The minimum Gasteiger partial charge on any atom is -0.371 e. The zero-order valence-electron chi connectivity index (χ0n) is 19.2. The number of anilines is 1. The van der Waals surface area contributed by atoms with Gasteiger partial charge >= 0.3 is 0 Å². The number of aromatic nitrogens is 2. The molecule has 3 aliphatic rings. The van der Waals surface area contributed by atoms with Crippen LogP contribution in [-0.2, 0) is 9.59 Å². The number of piperidine rings is 2. The van der Waals surface area contributed by atoms with E-state index in [0.717, 1.165) is 56.3 Å². The molecule has 2 N–H and O–H groups in total. The van der Waals surface area contributed by atoms with Crippen LogP contribution in [0.15, 0.2) is 23.0 Å². The summed E-state index contributed by atoms with van der Waals surface area (Å²) >= 11 is 0. The first kappa shape index (κ1) is 22.0. The van der Waals surface area contributed by atoms with E-state index in [1.807, 2.05) is 19.1 Å². The van der Waals surface area contributed by atoms with E-state index < -0.39 is 11.9 Å². The highest BCUT2D eigenvalue weighted by Crippen LogP contribution is 2.28. The molecule has 1 aromatic heterocycles. The number of carbonyl (C=O) groups is 2. The Bertz CT molecular complexity index is 1120. The van der Waals surface area contributed by atoms with Crippen molar-refractivity contribution in [3.63, 3.8) is 0 Å². The molecule has 0 bridgehead atoms. The Morgan fingerprint density at radius 2 is 1.76 bits per heavy atom. The van der Waals surface area contributed by atoms with E-state index in [4.69, 9.17) is 0 Å². The Morgan fingerprint density at radius 1 is 1.00 bits per heavy atom. The summed E-state index contributed by atoms with van der Waals surface area (Å²) in [5, 5.41) is 11.6. The topological polar surface area (TPSA) is 99.6 Å². The average Bonchev–Trinajstić information content (AvgIpc) is 2.83. The molecular formula is C24H32N6O3. The summed E-state index contributed by atoms with van der Waals surface area (Å²) < 4.78 is 1.25. The number of fused-ring (bicyclic) bond motifs is 1. The molecule has 0 radical (unpaired) electrons. The highest BCUT2D eigenvalue weighted by atomic mass is 16.2. The molecule has 9 nitrogen and oxygen atoms in total. The summed E-state index contributed by atoms with van der Waals surface area (Å²) in [6.07, 6.45) is 2.86. The predicted octanol–water partition coefficient (Wildman–Crippen LogP) is 0.804. The summed E-state index contributed by atoms with van der Waals surface area (Å²) in [6.45, 7) is 9.57. The molecule has 9 heteroatoms. The van der Waals surface area contributed by atoms with Crippen molar-refractivity contribution < 1.29 is 9.59 Å². The van der Waals surface area contributed by atoms with E-state index in [1.54, 1.807) is 0 Å². The molecule has 33 heavy (non-hydrogen) atoms. The van der Waals surface area contributed by atoms with Crippen LogP contribution in [0.4, 0.5) is 5.69 Å². The van der Waals surface area contributed by atoms with Crippen molar-refractivity contribution in [2.75, 3.05) is 50.7 Å². The maximum Gasteiger partial charge on any atom is 0.275 e. The minimum absolute atomic E-state index is 0.213. The van der Waals surface area contributed by atoms with E-state index in [1.165, 1.54) is 24.1 Å². The van der Waals surface area contributed by atoms with Gasteiger partial charge in [0, 0.05) is 63.3 Å². The Morgan fingerprint density at radius 3 is 2.48 bits per heavy atom. The van der Waals surface area contributed by atoms with Crippen molar-refractivity contribution in [3.05, 3.63) is 34.2 Å². The van der Waals surface area contributed by atoms with Gasteiger partial charge in [-0.2, -0.15) is 5.10 Å². The highest BCUT2D eigenvalue weighted by molar-refractivity contribution is 5.99. The van der Waals surface area contributed by atoms with Crippen LogP contribution in [0, 0.1) is 12.8 Å². The lowest BCUT2D eigenvalue weighted by molar-refractivity contribution is -0.136. The van der Waals surface area contributed by atoms with Gasteiger partial charge in [-0.15, -0.1) is 0 Å². The third-order valence-electron chi connectivity index (χ3n) is 7.30. The molecular weight excluding hydrogens is 420 g/mol. The van der Waals surface area contributed by atoms with Gasteiger partial charge in [0.1, 0.15) is 6.04 Å². The van der Waals surface area contributed by atoms with Gasteiger partial charge < -0.3 is 15.1 Å². The summed E-state index contributed by atoms with van der Waals surface area (Å²) in [7, 11) is 0. The lowest BCUT2D eigenvalue weighted by atomic mass is 9.95. The molecule has 2 amide bonds. The number of nitrogens with one attached hydrogen (secondary N) is 2. The maximum absolute atomic E-state index is 13.1. The van der Waals surface area contributed by atoms with Gasteiger partial charge in [0.15, 0.2) is 0 Å². The summed E-state index contributed by atoms with van der Waals surface area (Å²) in [6, 6.07) is 5.18. The Labute approximate surface area is 193 Å². The van der Waals surface area contributed by atoms with Crippen LogP contribution in [-0.4, -0.2) is 72.3 Å². The maximum atomic E-state index is 13.1. The number of piperazine rings is 1. The van der Waals surface area contributed by atoms with E-state index >= 15 is 0 Å². The molecule has 3 fully saturated rings. The molecule has 2 aromatic rings. The van der Waals surface area contributed by atoms with Crippen LogP contribution >= 0.6 is 0 Å². The van der Waals surface area contributed by atoms with E-state index in [-0.39, 0.29) is 17.9 Å². The van der Waals surface area contributed by atoms with Crippen molar-refractivity contribution in [1.82, 2.24) is 25.3 Å². The summed E-state index contributed by atoms with van der Waals surface area (Å²) in [5.74, 6) is -0.0213. The molecule has 1 unspecified atom stereocenters. The van der Waals surface area contributed by atoms with Crippen LogP contribution in [0.5, 0.6) is 0 Å². The molecule has 176 valence electrons. The third kappa shape index (κ3) is 4.52. The smallest absolute Gasteiger partial charge is 0.275 e. The second kappa shape index (κ2) is 9.23. The molecule has 1 aromatic carbocycles. The van der Waals surface area contributed by atoms with Crippen LogP contribution in [0.3, 0.4) is 0 Å². The van der Waals surface area contributed by atoms with E-state index in [0.29, 0.717) is 17.5 Å². The molecule has 0 aliphatic carbocycles. The highest BCUT2D eigenvalue weighted by Gasteiger charge is 2.30. The zero-order chi connectivity index (χ0) is 22.9. The number of hydrogen-bond donors (Lipinski definition) is 2. The van der Waals surface area contributed by atoms with Gasteiger partial charge in [-0.25, -0.2) is 4.68 Å². The standard InChI is InChI=1S/C24H32N6O3/c1-16-20-14-18(29-10-6-17(7-11-29)15-28-12-8-25-9-13-28)2-3-19(20)24(33)30(27-16)21-4-5-22(31)26-23(21)32/h2-3,14,17,21,25H,4-13,15H2,1H3,(H,26,31,32). The van der Waals surface area contributed by atoms with Crippen molar-refractivity contribution in [2.24, 2.45) is 5.92 Å². The monoisotopic (exact) mass is 452 g/mol. The fourth-order valence-electron chi connectivity index (χ4n) is 5.36. The van der Waals surface area contributed by atoms with Crippen LogP contribution in [0.2, 0.25) is 0 Å². The first-order valence-corrected chi connectivity index (χ1v) is 12.0. The number of carbonyl (C=O) groups excluding carboxylic acids is 2. The molecule has 3 saturated heterocycles. The Balaban J connectivity index is 1.32. The number of nitrogens with zero attached hydrogens (tertiary/aromatic N) is 4. The SMILES string of the molecule is Cc1nn(C2CCC(=O)NC2=O)c(=O)c2ccc(N3CCC(CN4CCNCC4)CC3)cc12. The lowest BCUT2D eigenvalue weighted by Gasteiger charge is -2.37. The first-order chi connectivity index (χ1) is 16.0. The van der Waals surface area contributed by atoms with Crippen LogP contribution in [0.25, 0.3) is 10.8 Å². The average molecular weight is 453 g/mol.